The van der Waals surface area contributed by atoms with E-state index in [1.165, 1.54) is 36.0 Å². The molecule has 2 unspecified atom stereocenters. The highest BCUT2D eigenvalue weighted by Gasteiger charge is 2.25. The standard InChI is InChI=1S/C36H26N4OS2/c37-20-41-35(38)23-11-14-34-28(17-23)27-16-22(10-13-33(27)43-34)30-19-29(21-6-2-1-3-7-21)39-36(40-30)24-12-15-32-26(18-24)25-8-4-5-9-31(25)42-32/h1-20,29,36-40H. The van der Waals surface area contributed by atoms with Crippen LogP contribution in [-0.2, 0) is 4.74 Å². The van der Waals surface area contributed by atoms with Crippen LogP contribution >= 0.6 is 22.7 Å². The fraction of sp³-hybridized carbons (Fsp3) is 0.0556. The second kappa shape index (κ2) is 10.5. The van der Waals surface area contributed by atoms with Gasteiger partial charge in [0.2, 0.25) is 5.90 Å². The molecule has 8 rings (SSSR count). The zero-order valence-electron chi connectivity index (χ0n) is 22.9. The van der Waals surface area contributed by atoms with E-state index in [1.54, 1.807) is 11.3 Å². The van der Waals surface area contributed by atoms with Gasteiger partial charge in [0.05, 0.1) is 6.04 Å². The molecule has 2 atom stereocenters. The third-order valence-electron chi connectivity index (χ3n) is 8.09. The normalized spacial score (nSPS) is 16.8. The number of fused-ring (bicyclic) bond motifs is 6. The quantitative estimate of drug-likeness (QED) is 0.118. The fourth-order valence-electron chi connectivity index (χ4n) is 5.99. The first-order chi connectivity index (χ1) is 21.1. The molecule has 0 saturated carbocycles. The molecule has 0 aliphatic carbocycles. The second-order valence-corrected chi connectivity index (χ2v) is 12.8. The molecule has 43 heavy (non-hydrogen) atoms. The molecule has 0 fully saturated rings. The van der Waals surface area contributed by atoms with Crippen LogP contribution in [0, 0.1) is 10.8 Å². The Morgan fingerprint density at radius 3 is 2.16 bits per heavy atom. The van der Waals surface area contributed by atoms with Crippen molar-refractivity contribution in [1.29, 1.82) is 10.8 Å². The summed E-state index contributed by atoms with van der Waals surface area (Å²) in [5, 5.41) is 27.8. The Morgan fingerprint density at radius 2 is 1.35 bits per heavy atom. The number of nitrogens with one attached hydrogen (secondary N) is 4. The largest absolute Gasteiger partial charge is 0.428 e. The van der Waals surface area contributed by atoms with Crippen LogP contribution in [0.3, 0.4) is 0 Å². The molecular weight excluding hydrogens is 569 g/mol. The van der Waals surface area contributed by atoms with Crippen molar-refractivity contribution in [3.05, 3.63) is 138 Å². The molecule has 0 bridgehead atoms. The lowest BCUT2D eigenvalue weighted by Gasteiger charge is -2.33. The maximum absolute atomic E-state index is 8.17. The van der Waals surface area contributed by atoms with Gasteiger partial charge in [-0.05, 0) is 71.3 Å². The Balaban J connectivity index is 1.23. The van der Waals surface area contributed by atoms with Gasteiger partial charge >= 0.3 is 0 Å². The first-order valence-corrected chi connectivity index (χ1v) is 15.7. The van der Waals surface area contributed by atoms with E-state index in [0.717, 1.165) is 33.1 Å². The average molecular weight is 595 g/mol. The van der Waals surface area contributed by atoms with Gasteiger partial charge < -0.3 is 10.1 Å². The van der Waals surface area contributed by atoms with E-state index in [2.05, 4.69) is 108 Å². The number of hydrogen-bond acceptors (Lipinski definition) is 7. The summed E-state index contributed by atoms with van der Waals surface area (Å²) in [5.74, 6) is -0.0287. The van der Waals surface area contributed by atoms with E-state index in [4.69, 9.17) is 15.6 Å². The molecule has 5 nitrogen and oxygen atoms in total. The minimum absolute atomic E-state index is 0.0256. The van der Waals surface area contributed by atoms with Crippen molar-refractivity contribution in [3.8, 4) is 0 Å². The summed E-state index contributed by atoms with van der Waals surface area (Å²) in [6, 6.07) is 38.6. The molecule has 3 heterocycles. The highest BCUT2D eigenvalue weighted by Crippen LogP contribution is 2.39. The number of benzene rings is 5. The lowest BCUT2D eigenvalue weighted by Crippen LogP contribution is -2.39. The first-order valence-electron chi connectivity index (χ1n) is 14.1. The van der Waals surface area contributed by atoms with E-state index in [9.17, 15) is 0 Å². The molecule has 0 radical (unpaired) electrons. The molecule has 208 valence electrons. The Bertz CT molecular complexity index is 2230. The molecular formula is C36H26N4OS2. The molecule has 5 aromatic carbocycles. The molecule has 7 aromatic rings. The number of ether oxygens (including phenoxy) is 1. The van der Waals surface area contributed by atoms with Crippen molar-refractivity contribution in [1.82, 2.24) is 10.6 Å². The Morgan fingerprint density at radius 1 is 0.674 bits per heavy atom. The van der Waals surface area contributed by atoms with E-state index in [-0.39, 0.29) is 18.1 Å². The van der Waals surface area contributed by atoms with Gasteiger partial charge in [-0.15, -0.1) is 22.7 Å². The van der Waals surface area contributed by atoms with Crippen LogP contribution in [0.4, 0.5) is 0 Å². The molecule has 7 heteroatoms. The summed E-state index contributed by atoms with van der Waals surface area (Å²) >= 11 is 3.58. The maximum Gasteiger partial charge on any atom is 0.220 e. The van der Waals surface area contributed by atoms with Crippen molar-refractivity contribution in [2.75, 3.05) is 0 Å². The summed E-state index contributed by atoms with van der Waals surface area (Å²) in [7, 11) is 0. The van der Waals surface area contributed by atoms with Crippen molar-refractivity contribution in [2.24, 2.45) is 0 Å². The molecule has 1 aliphatic heterocycles. The van der Waals surface area contributed by atoms with Gasteiger partial charge in [-0.2, -0.15) is 0 Å². The Kier molecular flexibility index (Phi) is 6.30. The summed E-state index contributed by atoms with van der Waals surface area (Å²) < 4.78 is 9.99. The lowest BCUT2D eigenvalue weighted by atomic mass is 9.97. The number of hydrogen-bond donors (Lipinski definition) is 4. The smallest absolute Gasteiger partial charge is 0.220 e. The van der Waals surface area contributed by atoms with E-state index >= 15 is 0 Å². The Labute approximate surface area is 256 Å². The topological polar surface area (TPSA) is 81.0 Å². The average Bonchev–Trinajstić information content (AvgIpc) is 3.62. The predicted molar refractivity (Wildman–Crippen MR) is 182 cm³/mol. The van der Waals surface area contributed by atoms with Crippen molar-refractivity contribution >= 4 is 81.0 Å². The van der Waals surface area contributed by atoms with Gasteiger partial charge in [0.1, 0.15) is 6.17 Å². The van der Waals surface area contributed by atoms with Gasteiger partial charge in [-0.25, -0.2) is 0 Å². The zero-order chi connectivity index (χ0) is 28.9. The van der Waals surface area contributed by atoms with Crippen LogP contribution in [0.5, 0.6) is 0 Å². The van der Waals surface area contributed by atoms with Crippen LogP contribution in [0.1, 0.15) is 34.5 Å². The highest BCUT2D eigenvalue weighted by molar-refractivity contribution is 7.26. The fourth-order valence-corrected chi connectivity index (χ4v) is 8.14. The zero-order valence-corrected chi connectivity index (χ0v) is 24.6. The third-order valence-corrected chi connectivity index (χ3v) is 10.4. The van der Waals surface area contributed by atoms with E-state index in [1.807, 2.05) is 29.5 Å². The molecule has 2 aromatic heterocycles. The molecule has 0 spiro atoms. The molecule has 1 aliphatic rings. The van der Waals surface area contributed by atoms with E-state index < -0.39 is 0 Å². The van der Waals surface area contributed by atoms with Crippen molar-refractivity contribution in [2.45, 2.75) is 12.2 Å². The van der Waals surface area contributed by atoms with Gasteiger partial charge in [0.15, 0.2) is 6.40 Å². The van der Waals surface area contributed by atoms with Gasteiger partial charge in [0, 0.05) is 51.6 Å². The van der Waals surface area contributed by atoms with Gasteiger partial charge in [-0.3, -0.25) is 16.1 Å². The summed E-state index contributed by atoms with van der Waals surface area (Å²) in [6.07, 6.45) is 2.98. The maximum atomic E-state index is 8.17. The lowest BCUT2D eigenvalue weighted by molar-refractivity contribution is 0.443. The molecule has 0 saturated heterocycles. The SMILES string of the molecule is N=COC(=N)c1ccc2sc3ccc(C4=CC(c5ccccc5)NC(c5ccc6sc7ccccc7c6c5)N4)cc3c2c1. The van der Waals surface area contributed by atoms with Crippen LogP contribution in [0.25, 0.3) is 46.0 Å². The predicted octanol–water partition coefficient (Wildman–Crippen LogP) is 9.35. The summed E-state index contributed by atoms with van der Waals surface area (Å²) in [4.78, 5) is 0. The summed E-state index contributed by atoms with van der Waals surface area (Å²) in [5.41, 5.74) is 5.24. The van der Waals surface area contributed by atoms with Gasteiger partial charge in [0.25, 0.3) is 0 Å². The van der Waals surface area contributed by atoms with Crippen molar-refractivity contribution < 1.29 is 4.74 Å². The van der Waals surface area contributed by atoms with Gasteiger partial charge in [-0.1, -0.05) is 60.7 Å². The molecule has 0 amide bonds. The minimum atomic E-state index is -0.0893. The van der Waals surface area contributed by atoms with Crippen LogP contribution in [0.15, 0.2) is 115 Å². The van der Waals surface area contributed by atoms with E-state index in [0.29, 0.717) is 5.56 Å². The Hall–Kier alpha value is -4.82. The number of rotatable bonds is 5. The van der Waals surface area contributed by atoms with Crippen molar-refractivity contribution in [3.63, 3.8) is 0 Å². The van der Waals surface area contributed by atoms with Crippen LogP contribution in [-0.4, -0.2) is 12.3 Å². The minimum Gasteiger partial charge on any atom is -0.428 e. The molecule has 4 N–H and O–H groups in total. The monoisotopic (exact) mass is 594 g/mol. The van der Waals surface area contributed by atoms with Crippen LogP contribution in [0.2, 0.25) is 0 Å². The first kappa shape index (κ1) is 25.9. The third kappa shape index (κ3) is 4.58. The summed E-state index contributed by atoms with van der Waals surface area (Å²) in [6.45, 7) is 0. The highest BCUT2D eigenvalue weighted by atomic mass is 32.1. The second-order valence-electron chi connectivity index (χ2n) is 10.7. The van der Waals surface area contributed by atoms with Crippen LogP contribution < -0.4 is 10.6 Å². The number of thiophene rings is 2.